The van der Waals surface area contributed by atoms with Crippen LogP contribution in [-0.2, 0) is 11.2 Å². The predicted octanol–water partition coefficient (Wildman–Crippen LogP) is 2.62. The van der Waals surface area contributed by atoms with E-state index in [2.05, 4.69) is 10.3 Å². The molecule has 1 aliphatic heterocycles. The Hall–Kier alpha value is -2.56. The highest BCUT2D eigenvalue weighted by Crippen LogP contribution is 2.32. The fourth-order valence-electron chi connectivity index (χ4n) is 2.38. The number of carbonyl (C=O) groups is 1. The van der Waals surface area contributed by atoms with Crippen LogP contribution in [0.5, 0.6) is 11.5 Å². The van der Waals surface area contributed by atoms with Crippen molar-refractivity contribution in [3.05, 3.63) is 53.9 Å². The topological polar surface area (TPSA) is 60.5 Å². The van der Waals surface area contributed by atoms with E-state index < -0.39 is 0 Å². The monoisotopic (exact) mass is 298 g/mol. The summed E-state index contributed by atoms with van der Waals surface area (Å²) in [6.07, 6.45) is 4.59. The molecule has 3 rings (SSSR count). The highest BCUT2D eigenvalue weighted by Gasteiger charge is 2.14. The Bertz CT molecular complexity index is 658. The van der Waals surface area contributed by atoms with Crippen LogP contribution in [-0.4, -0.2) is 17.7 Å². The first-order valence-electron chi connectivity index (χ1n) is 7.30. The minimum atomic E-state index is -0.0436. The van der Waals surface area contributed by atoms with E-state index in [0.29, 0.717) is 12.8 Å². The average Bonchev–Trinajstić information content (AvgIpc) is 3.01. The molecule has 0 aliphatic carbocycles. The summed E-state index contributed by atoms with van der Waals surface area (Å²) in [5.74, 6) is 1.54. The van der Waals surface area contributed by atoms with Crippen LogP contribution < -0.4 is 14.8 Å². The molecule has 0 radical (unpaired) electrons. The highest BCUT2D eigenvalue weighted by atomic mass is 16.7. The van der Waals surface area contributed by atoms with E-state index >= 15 is 0 Å². The van der Waals surface area contributed by atoms with Crippen molar-refractivity contribution in [2.45, 2.75) is 25.8 Å². The van der Waals surface area contributed by atoms with E-state index in [1.807, 2.05) is 37.3 Å². The average molecular weight is 298 g/mol. The minimum Gasteiger partial charge on any atom is -0.454 e. The summed E-state index contributed by atoms with van der Waals surface area (Å²) in [6.45, 7) is 2.22. The summed E-state index contributed by atoms with van der Waals surface area (Å²) in [7, 11) is 0. The van der Waals surface area contributed by atoms with E-state index in [0.717, 1.165) is 22.6 Å². The zero-order valence-electron chi connectivity index (χ0n) is 12.4. The van der Waals surface area contributed by atoms with Crippen molar-refractivity contribution >= 4 is 5.91 Å². The lowest BCUT2D eigenvalue weighted by Gasteiger charge is -2.13. The van der Waals surface area contributed by atoms with E-state index in [-0.39, 0.29) is 18.7 Å². The van der Waals surface area contributed by atoms with Gasteiger partial charge in [-0.1, -0.05) is 12.1 Å². The van der Waals surface area contributed by atoms with Gasteiger partial charge in [0.25, 0.3) is 0 Å². The lowest BCUT2D eigenvalue weighted by Crippen LogP contribution is -2.26. The standard InChI is InChI=1S/C17H18N2O3/c1-12(14-3-2-8-18-10-14)19-17(20)7-5-13-4-6-15-16(9-13)22-11-21-15/h2-4,6,8-10,12H,5,7,11H2,1H3,(H,19,20). The van der Waals surface area contributed by atoms with Crippen LogP contribution in [0.4, 0.5) is 0 Å². The molecule has 0 saturated heterocycles. The number of benzene rings is 1. The Morgan fingerprint density at radius 3 is 3.00 bits per heavy atom. The molecule has 2 aromatic rings. The zero-order valence-corrected chi connectivity index (χ0v) is 12.4. The van der Waals surface area contributed by atoms with Gasteiger partial charge in [-0.05, 0) is 42.7 Å². The molecule has 1 N–H and O–H groups in total. The molecule has 1 aliphatic rings. The van der Waals surface area contributed by atoms with Crippen LogP contribution in [0.15, 0.2) is 42.7 Å². The van der Waals surface area contributed by atoms with E-state index in [4.69, 9.17) is 9.47 Å². The molecule has 0 spiro atoms. The maximum absolute atomic E-state index is 12.0. The number of aryl methyl sites for hydroxylation is 1. The molecule has 2 heterocycles. The van der Waals surface area contributed by atoms with Gasteiger partial charge in [-0.25, -0.2) is 0 Å². The number of pyridine rings is 1. The fourth-order valence-corrected chi connectivity index (χ4v) is 2.38. The van der Waals surface area contributed by atoms with Gasteiger partial charge in [-0.2, -0.15) is 0 Å². The maximum atomic E-state index is 12.0. The second kappa shape index (κ2) is 6.47. The number of carbonyl (C=O) groups excluding carboxylic acids is 1. The Labute approximate surface area is 129 Å². The molecular weight excluding hydrogens is 280 g/mol. The third-order valence-electron chi connectivity index (χ3n) is 3.64. The van der Waals surface area contributed by atoms with Gasteiger partial charge in [-0.15, -0.1) is 0 Å². The highest BCUT2D eigenvalue weighted by molar-refractivity contribution is 5.76. The Kier molecular flexibility index (Phi) is 4.23. The third-order valence-corrected chi connectivity index (χ3v) is 3.64. The van der Waals surface area contributed by atoms with Gasteiger partial charge in [0.1, 0.15) is 0 Å². The van der Waals surface area contributed by atoms with Gasteiger partial charge in [0.2, 0.25) is 12.7 Å². The number of nitrogens with one attached hydrogen (secondary N) is 1. The number of rotatable bonds is 5. The summed E-state index contributed by atoms with van der Waals surface area (Å²) in [6, 6.07) is 9.55. The Morgan fingerprint density at radius 1 is 1.32 bits per heavy atom. The zero-order chi connectivity index (χ0) is 15.4. The second-order valence-corrected chi connectivity index (χ2v) is 5.26. The largest absolute Gasteiger partial charge is 0.454 e. The van der Waals surface area contributed by atoms with Gasteiger partial charge in [0.05, 0.1) is 6.04 Å². The maximum Gasteiger partial charge on any atom is 0.231 e. The first kappa shape index (κ1) is 14.4. The van der Waals surface area contributed by atoms with Crippen LogP contribution >= 0.6 is 0 Å². The second-order valence-electron chi connectivity index (χ2n) is 5.26. The summed E-state index contributed by atoms with van der Waals surface area (Å²) < 4.78 is 10.6. The van der Waals surface area contributed by atoms with E-state index in [1.165, 1.54) is 0 Å². The molecule has 22 heavy (non-hydrogen) atoms. The van der Waals surface area contributed by atoms with E-state index in [1.54, 1.807) is 12.4 Å². The number of hydrogen-bond acceptors (Lipinski definition) is 4. The molecule has 1 aromatic heterocycles. The molecule has 0 saturated carbocycles. The molecule has 0 fully saturated rings. The molecule has 0 bridgehead atoms. The molecular formula is C17H18N2O3. The van der Waals surface area contributed by atoms with Gasteiger partial charge in [0.15, 0.2) is 11.5 Å². The lowest BCUT2D eigenvalue weighted by molar-refractivity contribution is -0.121. The van der Waals surface area contributed by atoms with Crippen molar-refractivity contribution in [3.63, 3.8) is 0 Å². The lowest BCUT2D eigenvalue weighted by atomic mass is 10.1. The third kappa shape index (κ3) is 3.36. The first-order valence-corrected chi connectivity index (χ1v) is 7.30. The molecule has 114 valence electrons. The summed E-state index contributed by atoms with van der Waals surface area (Å²) >= 11 is 0. The molecule has 5 nitrogen and oxygen atoms in total. The van der Waals surface area contributed by atoms with Crippen LogP contribution in [0, 0.1) is 0 Å². The number of hydrogen-bond donors (Lipinski definition) is 1. The van der Waals surface area contributed by atoms with Crippen molar-refractivity contribution in [1.29, 1.82) is 0 Å². The van der Waals surface area contributed by atoms with Crippen molar-refractivity contribution in [1.82, 2.24) is 10.3 Å². The molecule has 5 heteroatoms. The van der Waals surface area contributed by atoms with Crippen LogP contribution in [0.2, 0.25) is 0 Å². The van der Waals surface area contributed by atoms with Crippen LogP contribution in [0.1, 0.15) is 30.5 Å². The summed E-state index contributed by atoms with van der Waals surface area (Å²) in [5.41, 5.74) is 2.06. The SMILES string of the molecule is CC(NC(=O)CCc1ccc2c(c1)OCO2)c1cccnc1. The van der Waals surface area contributed by atoms with Gasteiger partial charge in [0, 0.05) is 18.8 Å². The van der Waals surface area contributed by atoms with Crippen molar-refractivity contribution in [2.24, 2.45) is 0 Å². The number of ether oxygens (including phenoxy) is 2. The van der Waals surface area contributed by atoms with Crippen LogP contribution in [0.25, 0.3) is 0 Å². The smallest absolute Gasteiger partial charge is 0.231 e. The number of aromatic nitrogens is 1. The van der Waals surface area contributed by atoms with Gasteiger partial charge < -0.3 is 14.8 Å². The van der Waals surface area contributed by atoms with Crippen LogP contribution in [0.3, 0.4) is 0 Å². The number of fused-ring (bicyclic) bond motifs is 1. The van der Waals surface area contributed by atoms with Crippen molar-refractivity contribution < 1.29 is 14.3 Å². The molecule has 1 aromatic carbocycles. The quantitative estimate of drug-likeness (QED) is 0.922. The van der Waals surface area contributed by atoms with Crippen molar-refractivity contribution in [2.75, 3.05) is 6.79 Å². The van der Waals surface area contributed by atoms with Gasteiger partial charge >= 0.3 is 0 Å². The molecule has 1 amide bonds. The Morgan fingerprint density at radius 2 is 2.18 bits per heavy atom. The minimum absolute atomic E-state index is 0.0222. The van der Waals surface area contributed by atoms with Crippen molar-refractivity contribution in [3.8, 4) is 11.5 Å². The molecule has 1 atom stereocenters. The summed E-state index contributed by atoms with van der Waals surface area (Å²) in [5, 5.41) is 2.98. The Balaban J connectivity index is 1.52. The molecule has 1 unspecified atom stereocenters. The predicted molar refractivity (Wildman–Crippen MR) is 81.7 cm³/mol. The van der Waals surface area contributed by atoms with Gasteiger partial charge in [-0.3, -0.25) is 9.78 Å². The number of nitrogens with zero attached hydrogens (tertiary/aromatic N) is 1. The normalized spacial score (nSPS) is 13.7. The van der Waals surface area contributed by atoms with E-state index in [9.17, 15) is 4.79 Å². The number of amides is 1. The first-order chi connectivity index (χ1) is 10.7. The summed E-state index contributed by atoms with van der Waals surface area (Å²) in [4.78, 5) is 16.1. The fraction of sp³-hybridized carbons (Fsp3) is 0.294.